The Morgan fingerprint density at radius 3 is 2.38 bits per heavy atom. The van der Waals surface area contributed by atoms with Crippen LogP contribution in [-0.4, -0.2) is 16.9 Å². The summed E-state index contributed by atoms with van der Waals surface area (Å²) in [6.45, 7) is 5.83. The molecular formula is C17H19N3O2S2. The van der Waals surface area contributed by atoms with Gasteiger partial charge in [-0.15, -0.1) is 11.3 Å². The number of carbonyl (C=O) groups excluding carboxylic acids is 2. The molecule has 2 rings (SSSR count). The van der Waals surface area contributed by atoms with E-state index in [1.54, 1.807) is 12.1 Å². The van der Waals surface area contributed by atoms with Crippen LogP contribution >= 0.6 is 23.6 Å². The van der Waals surface area contributed by atoms with Crippen LogP contribution in [0.25, 0.3) is 0 Å². The van der Waals surface area contributed by atoms with Crippen LogP contribution in [0.5, 0.6) is 0 Å². The first-order valence-corrected chi connectivity index (χ1v) is 8.67. The largest absolute Gasteiger partial charge is 0.365 e. The highest BCUT2D eigenvalue weighted by Gasteiger charge is 2.20. The lowest BCUT2D eigenvalue weighted by Gasteiger charge is -2.10. The number of aryl methyl sites for hydroxylation is 2. The number of amides is 2. The third-order valence-corrected chi connectivity index (χ3v) is 4.84. The van der Waals surface area contributed by atoms with Gasteiger partial charge in [0.2, 0.25) is 0 Å². The van der Waals surface area contributed by atoms with Crippen molar-refractivity contribution in [2.75, 3.05) is 5.32 Å². The van der Waals surface area contributed by atoms with Crippen molar-refractivity contribution in [1.82, 2.24) is 5.32 Å². The third-order valence-electron chi connectivity index (χ3n) is 3.58. The van der Waals surface area contributed by atoms with E-state index in [2.05, 4.69) is 10.6 Å². The van der Waals surface area contributed by atoms with Gasteiger partial charge >= 0.3 is 0 Å². The second-order valence-electron chi connectivity index (χ2n) is 5.33. The van der Waals surface area contributed by atoms with Crippen LogP contribution < -0.4 is 16.4 Å². The lowest BCUT2D eigenvalue weighted by Crippen LogP contribution is -2.34. The Bertz CT molecular complexity index is 795. The van der Waals surface area contributed by atoms with Crippen LogP contribution in [0.15, 0.2) is 24.3 Å². The van der Waals surface area contributed by atoms with E-state index in [1.165, 1.54) is 11.3 Å². The van der Waals surface area contributed by atoms with Gasteiger partial charge in [0, 0.05) is 10.4 Å². The number of carbonyl (C=O) groups is 2. The van der Waals surface area contributed by atoms with E-state index >= 15 is 0 Å². The molecule has 126 valence electrons. The molecule has 0 aliphatic rings. The SMILES string of the molecule is CCc1c(C)sc(NC(=S)NC(=O)c2ccc(C)cc2)c1C(N)=O. The molecule has 0 aliphatic heterocycles. The van der Waals surface area contributed by atoms with Crippen molar-refractivity contribution in [1.29, 1.82) is 0 Å². The molecule has 0 bridgehead atoms. The molecule has 0 radical (unpaired) electrons. The summed E-state index contributed by atoms with van der Waals surface area (Å²) in [5.41, 5.74) is 8.41. The van der Waals surface area contributed by atoms with E-state index in [4.69, 9.17) is 18.0 Å². The number of thiocarbonyl (C=S) groups is 1. The first-order chi connectivity index (χ1) is 11.3. The zero-order chi connectivity index (χ0) is 17.9. The monoisotopic (exact) mass is 361 g/mol. The van der Waals surface area contributed by atoms with Crippen LogP contribution in [0.4, 0.5) is 5.00 Å². The number of rotatable bonds is 4. The van der Waals surface area contributed by atoms with Gasteiger partial charge in [-0.1, -0.05) is 24.6 Å². The van der Waals surface area contributed by atoms with Crippen LogP contribution in [0, 0.1) is 13.8 Å². The van der Waals surface area contributed by atoms with E-state index in [-0.39, 0.29) is 11.0 Å². The third kappa shape index (κ3) is 3.98. The number of thiophene rings is 1. The van der Waals surface area contributed by atoms with Gasteiger partial charge in [-0.25, -0.2) is 0 Å². The van der Waals surface area contributed by atoms with Gasteiger partial charge in [0.15, 0.2) is 5.11 Å². The Labute approximate surface area is 150 Å². The maximum Gasteiger partial charge on any atom is 0.257 e. The summed E-state index contributed by atoms with van der Waals surface area (Å²) in [7, 11) is 0. The maximum absolute atomic E-state index is 12.2. The van der Waals surface area contributed by atoms with Crippen molar-refractivity contribution in [3.63, 3.8) is 0 Å². The summed E-state index contributed by atoms with van der Waals surface area (Å²) in [5.74, 6) is -0.816. The molecule has 1 aromatic heterocycles. The fraction of sp³-hybridized carbons (Fsp3) is 0.235. The molecule has 0 saturated heterocycles. The van der Waals surface area contributed by atoms with Crippen LogP contribution in [0.3, 0.4) is 0 Å². The lowest BCUT2D eigenvalue weighted by molar-refractivity contribution is 0.0975. The van der Waals surface area contributed by atoms with Gasteiger partial charge in [0.25, 0.3) is 11.8 Å². The fourth-order valence-corrected chi connectivity index (χ4v) is 3.78. The van der Waals surface area contributed by atoms with Crippen molar-refractivity contribution in [2.24, 2.45) is 5.73 Å². The molecule has 0 saturated carbocycles. The summed E-state index contributed by atoms with van der Waals surface area (Å²) >= 11 is 6.58. The molecule has 7 heteroatoms. The number of nitrogens with one attached hydrogen (secondary N) is 2. The Morgan fingerprint density at radius 1 is 1.21 bits per heavy atom. The van der Waals surface area contributed by atoms with E-state index in [0.29, 0.717) is 22.5 Å². The average Bonchev–Trinajstić information content (AvgIpc) is 2.82. The minimum atomic E-state index is -0.508. The summed E-state index contributed by atoms with van der Waals surface area (Å²) in [5, 5.41) is 6.22. The molecule has 0 atom stereocenters. The summed E-state index contributed by atoms with van der Waals surface area (Å²) in [6, 6.07) is 7.17. The number of benzene rings is 1. The number of anilines is 1. The Morgan fingerprint density at radius 2 is 1.83 bits per heavy atom. The Balaban J connectivity index is 2.14. The van der Waals surface area contributed by atoms with Gasteiger partial charge in [-0.3, -0.25) is 14.9 Å². The maximum atomic E-state index is 12.2. The molecule has 0 aliphatic carbocycles. The molecule has 5 nitrogen and oxygen atoms in total. The van der Waals surface area contributed by atoms with Crippen LogP contribution in [0.2, 0.25) is 0 Å². The van der Waals surface area contributed by atoms with Crippen molar-refractivity contribution >= 4 is 45.5 Å². The van der Waals surface area contributed by atoms with E-state index in [9.17, 15) is 9.59 Å². The first-order valence-electron chi connectivity index (χ1n) is 7.44. The van der Waals surface area contributed by atoms with Crippen molar-refractivity contribution in [3.05, 3.63) is 51.4 Å². The van der Waals surface area contributed by atoms with Crippen molar-refractivity contribution in [3.8, 4) is 0 Å². The standard InChI is InChI=1S/C17H19N3O2S2/c1-4-12-10(3)24-16(13(12)14(18)21)20-17(23)19-15(22)11-7-5-9(2)6-8-11/h5-8H,4H2,1-3H3,(H2,18,21)(H2,19,20,22,23). The molecule has 1 aromatic carbocycles. The summed E-state index contributed by atoms with van der Waals surface area (Å²) in [4.78, 5) is 24.9. The van der Waals surface area contributed by atoms with E-state index in [0.717, 1.165) is 16.0 Å². The minimum Gasteiger partial charge on any atom is -0.365 e. The highest BCUT2D eigenvalue weighted by atomic mass is 32.1. The molecule has 1 heterocycles. The smallest absolute Gasteiger partial charge is 0.257 e. The topological polar surface area (TPSA) is 84.2 Å². The number of hydrogen-bond acceptors (Lipinski definition) is 4. The van der Waals surface area contributed by atoms with E-state index < -0.39 is 5.91 Å². The second kappa shape index (κ2) is 7.55. The highest BCUT2D eigenvalue weighted by Crippen LogP contribution is 2.33. The zero-order valence-corrected chi connectivity index (χ0v) is 15.4. The number of primary amides is 1. The first kappa shape index (κ1) is 18.1. The van der Waals surface area contributed by atoms with Gasteiger partial charge in [-0.2, -0.15) is 0 Å². The summed E-state index contributed by atoms with van der Waals surface area (Å²) in [6.07, 6.45) is 0.699. The molecule has 2 amide bonds. The zero-order valence-electron chi connectivity index (χ0n) is 13.7. The van der Waals surface area contributed by atoms with Crippen LogP contribution in [-0.2, 0) is 6.42 Å². The van der Waals surface area contributed by atoms with Gasteiger partial charge in [-0.05, 0) is 50.2 Å². The predicted octanol–water partition coefficient (Wildman–Crippen LogP) is 3.15. The second-order valence-corrected chi connectivity index (χ2v) is 6.97. The predicted molar refractivity (Wildman–Crippen MR) is 102 cm³/mol. The van der Waals surface area contributed by atoms with Gasteiger partial charge in [0.1, 0.15) is 5.00 Å². The lowest BCUT2D eigenvalue weighted by atomic mass is 10.1. The Kier molecular flexibility index (Phi) is 5.69. The molecular weight excluding hydrogens is 342 g/mol. The quantitative estimate of drug-likeness (QED) is 0.731. The summed E-state index contributed by atoms with van der Waals surface area (Å²) < 4.78 is 0. The molecule has 0 fully saturated rings. The van der Waals surface area contributed by atoms with Crippen molar-refractivity contribution < 1.29 is 9.59 Å². The van der Waals surface area contributed by atoms with Gasteiger partial charge in [0.05, 0.1) is 5.56 Å². The van der Waals surface area contributed by atoms with Crippen molar-refractivity contribution in [2.45, 2.75) is 27.2 Å². The Hall–Kier alpha value is -2.25. The molecule has 2 aromatic rings. The average molecular weight is 361 g/mol. The van der Waals surface area contributed by atoms with E-state index in [1.807, 2.05) is 32.9 Å². The minimum absolute atomic E-state index is 0.131. The van der Waals surface area contributed by atoms with Crippen LogP contribution in [0.1, 0.15) is 43.6 Å². The highest BCUT2D eigenvalue weighted by molar-refractivity contribution is 7.80. The number of nitrogens with two attached hydrogens (primary N) is 1. The van der Waals surface area contributed by atoms with Gasteiger partial charge < -0.3 is 11.1 Å². The molecule has 24 heavy (non-hydrogen) atoms. The fourth-order valence-electron chi connectivity index (χ4n) is 2.37. The molecule has 0 spiro atoms. The number of hydrogen-bond donors (Lipinski definition) is 3. The normalized spacial score (nSPS) is 10.3. The molecule has 0 unspecified atom stereocenters. The molecule has 4 N–H and O–H groups in total.